The number of aryl methyl sites for hydroxylation is 1. The van der Waals surface area contributed by atoms with Gasteiger partial charge in [0.1, 0.15) is 0 Å². The molecule has 0 aromatic heterocycles. The molecule has 0 unspecified atom stereocenters. The maximum atomic E-state index is 12.2. The summed E-state index contributed by atoms with van der Waals surface area (Å²) >= 11 is 12.1. The number of ketones is 1. The van der Waals surface area contributed by atoms with Gasteiger partial charge in [0, 0.05) is 6.42 Å². The van der Waals surface area contributed by atoms with Crippen molar-refractivity contribution >= 4 is 29.0 Å². The second kappa shape index (κ2) is 5.55. The van der Waals surface area contributed by atoms with Crippen molar-refractivity contribution in [3.63, 3.8) is 0 Å². The van der Waals surface area contributed by atoms with Gasteiger partial charge >= 0.3 is 0 Å². The molecule has 0 aliphatic rings. The molecule has 0 aliphatic heterocycles. The number of carbonyl (C=O) groups excluding carboxylic acids is 1. The van der Waals surface area contributed by atoms with E-state index in [1.807, 2.05) is 31.2 Å². The van der Waals surface area contributed by atoms with Crippen LogP contribution in [0.4, 0.5) is 0 Å². The highest BCUT2D eigenvalue weighted by Crippen LogP contribution is 2.26. The molecule has 0 radical (unpaired) electrons. The molecule has 2 rings (SSSR count). The van der Waals surface area contributed by atoms with Crippen LogP contribution in [0, 0.1) is 6.92 Å². The van der Waals surface area contributed by atoms with Gasteiger partial charge in [0.15, 0.2) is 5.78 Å². The zero-order chi connectivity index (χ0) is 13.1. The number of rotatable bonds is 3. The van der Waals surface area contributed by atoms with Crippen LogP contribution in [0.1, 0.15) is 21.5 Å². The Hall–Kier alpha value is -1.31. The highest BCUT2D eigenvalue weighted by atomic mass is 35.5. The van der Waals surface area contributed by atoms with Crippen LogP contribution in [0.5, 0.6) is 0 Å². The smallest absolute Gasteiger partial charge is 0.170 e. The van der Waals surface area contributed by atoms with Crippen LogP contribution in [0.3, 0.4) is 0 Å². The van der Waals surface area contributed by atoms with Crippen LogP contribution in [-0.2, 0) is 6.42 Å². The maximum absolute atomic E-state index is 12.2. The van der Waals surface area contributed by atoms with Gasteiger partial charge in [-0.3, -0.25) is 4.79 Å². The van der Waals surface area contributed by atoms with E-state index in [4.69, 9.17) is 23.2 Å². The number of benzene rings is 2. The SMILES string of the molecule is Cc1ccccc1CC(=O)c1c(Cl)cccc1Cl. The summed E-state index contributed by atoms with van der Waals surface area (Å²) in [6, 6.07) is 12.9. The predicted molar refractivity (Wildman–Crippen MR) is 75.7 cm³/mol. The number of halogens is 2. The Morgan fingerprint density at radius 2 is 1.61 bits per heavy atom. The van der Waals surface area contributed by atoms with E-state index in [0.29, 0.717) is 22.0 Å². The third-order valence-corrected chi connectivity index (χ3v) is 3.48. The summed E-state index contributed by atoms with van der Waals surface area (Å²) in [7, 11) is 0. The van der Waals surface area contributed by atoms with Crippen molar-refractivity contribution in [2.75, 3.05) is 0 Å². The molecular formula is C15H12Cl2O. The minimum Gasteiger partial charge on any atom is -0.294 e. The Balaban J connectivity index is 2.31. The Bertz CT molecular complexity index is 571. The molecule has 0 heterocycles. The van der Waals surface area contributed by atoms with Crippen LogP contribution in [-0.4, -0.2) is 5.78 Å². The molecular weight excluding hydrogens is 267 g/mol. The summed E-state index contributed by atoms with van der Waals surface area (Å²) in [6.45, 7) is 1.98. The summed E-state index contributed by atoms with van der Waals surface area (Å²) in [6.07, 6.45) is 0.316. The van der Waals surface area contributed by atoms with E-state index in [-0.39, 0.29) is 5.78 Å². The monoisotopic (exact) mass is 278 g/mol. The van der Waals surface area contributed by atoms with Gasteiger partial charge in [-0.25, -0.2) is 0 Å². The normalized spacial score (nSPS) is 10.4. The summed E-state index contributed by atoms with van der Waals surface area (Å²) in [5.41, 5.74) is 2.50. The van der Waals surface area contributed by atoms with Gasteiger partial charge in [-0.15, -0.1) is 0 Å². The molecule has 0 spiro atoms. The van der Waals surface area contributed by atoms with Crippen LogP contribution < -0.4 is 0 Å². The summed E-state index contributed by atoms with van der Waals surface area (Å²) in [5, 5.41) is 0.808. The topological polar surface area (TPSA) is 17.1 Å². The molecule has 0 N–H and O–H groups in total. The Morgan fingerprint density at radius 3 is 2.22 bits per heavy atom. The lowest BCUT2D eigenvalue weighted by Crippen LogP contribution is -2.06. The number of hydrogen-bond donors (Lipinski definition) is 0. The van der Waals surface area contributed by atoms with Crippen molar-refractivity contribution in [3.05, 3.63) is 69.2 Å². The number of carbonyl (C=O) groups is 1. The average molecular weight is 279 g/mol. The van der Waals surface area contributed by atoms with Gasteiger partial charge in [0.05, 0.1) is 15.6 Å². The number of hydrogen-bond acceptors (Lipinski definition) is 1. The fraction of sp³-hybridized carbons (Fsp3) is 0.133. The van der Waals surface area contributed by atoms with Gasteiger partial charge in [-0.1, -0.05) is 53.5 Å². The quantitative estimate of drug-likeness (QED) is 0.742. The summed E-state index contributed by atoms with van der Waals surface area (Å²) < 4.78 is 0. The molecule has 1 nitrogen and oxygen atoms in total. The van der Waals surface area contributed by atoms with Crippen molar-refractivity contribution in [1.29, 1.82) is 0 Å². The van der Waals surface area contributed by atoms with Gasteiger partial charge in [-0.2, -0.15) is 0 Å². The van der Waals surface area contributed by atoms with Crippen molar-refractivity contribution in [3.8, 4) is 0 Å². The van der Waals surface area contributed by atoms with Gasteiger partial charge in [-0.05, 0) is 30.2 Å². The first-order chi connectivity index (χ1) is 8.59. The van der Waals surface area contributed by atoms with Crippen LogP contribution in [0.15, 0.2) is 42.5 Å². The molecule has 2 aromatic carbocycles. The van der Waals surface area contributed by atoms with Gasteiger partial charge in [0.25, 0.3) is 0 Å². The van der Waals surface area contributed by atoms with E-state index in [1.165, 1.54) is 0 Å². The van der Waals surface area contributed by atoms with Crippen molar-refractivity contribution in [2.45, 2.75) is 13.3 Å². The van der Waals surface area contributed by atoms with Crippen LogP contribution in [0.25, 0.3) is 0 Å². The van der Waals surface area contributed by atoms with E-state index in [1.54, 1.807) is 18.2 Å². The minimum atomic E-state index is -0.0556. The van der Waals surface area contributed by atoms with Crippen LogP contribution in [0.2, 0.25) is 10.0 Å². The fourth-order valence-corrected chi connectivity index (χ4v) is 2.44. The van der Waals surface area contributed by atoms with Gasteiger partial charge < -0.3 is 0 Å². The predicted octanol–water partition coefficient (Wildman–Crippen LogP) is 4.73. The molecule has 0 fully saturated rings. The Kier molecular flexibility index (Phi) is 4.05. The minimum absolute atomic E-state index is 0.0556. The molecule has 0 atom stereocenters. The highest BCUT2D eigenvalue weighted by Gasteiger charge is 2.15. The molecule has 0 aliphatic carbocycles. The fourth-order valence-electron chi connectivity index (χ4n) is 1.83. The lowest BCUT2D eigenvalue weighted by atomic mass is 9.99. The summed E-state index contributed by atoms with van der Waals surface area (Å²) in [4.78, 5) is 12.2. The zero-order valence-electron chi connectivity index (χ0n) is 9.91. The molecule has 18 heavy (non-hydrogen) atoms. The molecule has 0 saturated carbocycles. The van der Waals surface area contributed by atoms with Gasteiger partial charge in [0.2, 0.25) is 0 Å². The second-order valence-electron chi connectivity index (χ2n) is 4.12. The van der Waals surface area contributed by atoms with E-state index in [0.717, 1.165) is 11.1 Å². The largest absolute Gasteiger partial charge is 0.294 e. The van der Waals surface area contributed by atoms with E-state index in [9.17, 15) is 4.79 Å². The first-order valence-electron chi connectivity index (χ1n) is 5.61. The molecule has 0 amide bonds. The van der Waals surface area contributed by atoms with Crippen molar-refractivity contribution in [1.82, 2.24) is 0 Å². The standard InChI is InChI=1S/C15H12Cl2O/c1-10-5-2-3-6-11(10)9-14(18)15-12(16)7-4-8-13(15)17/h2-8H,9H2,1H3. The van der Waals surface area contributed by atoms with Crippen molar-refractivity contribution in [2.24, 2.45) is 0 Å². The Labute approximate surface area is 116 Å². The molecule has 0 saturated heterocycles. The lowest BCUT2D eigenvalue weighted by Gasteiger charge is -2.07. The van der Waals surface area contributed by atoms with Crippen molar-refractivity contribution < 1.29 is 4.79 Å². The molecule has 92 valence electrons. The average Bonchev–Trinajstić information content (AvgIpc) is 2.32. The first kappa shape index (κ1) is 13.1. The Morgan fingerprint density at radius 1 is 1.00 bits per heavy atom. The van der Waals surface area contributed by atoms with E-state index in [2.05, 4.69) is 0 Å². The van der Waals surface area contributed by atoms with E-state index >= 15 is 0 Å². The molecule has 3 heteroatoms. The molecule has 0 bridgehead atoms. The zero-order valence-corrected chi connectivity index (χ0v) is 11.4. The highest BCUT2D eigenvalue weighted by molar-refractivity contribution is 6.39. The van der Waals surface area contributed by atoms with E-state index < -0.39 is 0 Å². The second-order valence-corrected chi connectivity index (χ2v) is 4.94. The third-order valence-electron chi connectivity index (χ3n) is 2.85. The molecule has 2 aromatic rings. The maximum Gasteiger partial charge on any atom is 0.170 e. The lowest BCUT2D eigenvalue weighted by molar-refractivity contribution is 0.0993. The first-order valence-corrected chi connectivity index (χ1v) is 6.37. The summed E-state index contributed by atoms with van der Waals surface area (Å²) in [5.74, 6) is -0.0556. The third kappa shape index (κ3) is 2.74. The number of Topliss-reactive ketones (excluding diaryl/α,β-unsaturated/α-hetero) is 1. The van der Waals surface area contributed by atoms with Crippen LogP contribution >= 0.6 is 23.2 Å².